The predicted octanol–water partition coefficient (Wildman–Crippen LogP) is 0.920. The molecular weight excluding hydrogens is 266 g/mol. The van der Waals surface area contributed by atoms with E-state index in [4.69, 9.17) is 17.4 Å². The number of hydrazine groups is 1. The van der Waals surface area contributed by atoms with Crippen molar-refractivity contribution in [3.8, 4) is 0 Å². The fourth-order valence-electron chi connectivity index (χ4n) is 1.00. The lowest BCUT2D eigenvalue weighted by molar-refractivity contribution is -0.385. The SMILES string of the molecule is NNC(=S)NN=Cc1c(Cl)cccc1[N+](=O)[O-]. The Balaban J connectivity index is 2.97. The maximum absolute atomic E-state index is 10.7. The van der Waals surface area contributed by atoms with Gasteiger partial charge in [-0.25, -0.2) is 5.84 Å². The van der Waals surface area contributed by atoms with Gasteiger partial charge in [0.1, 0.15) is 0 Å². The van der Waals surface area contributed by atoms with Crippen LogP contribution in [0.15, 0.2) is 23.3 Å². The standard InChI is InChI=1S/C8H8ClN5O2S/c9-6-2-1-3-7(14(15)16)5(6)4-11-13-8(17)12-10/h1-4H,10H2,(H2,12,13,17). The molecule has 0 heterocycles. The Labute approximate surface area is 107 Å². The molecule has 0 unspecified atom stereocenters. The summed E-state index contributed by atoms with van der Waals surface area (Å²) in [5.74, 6) is 5.00. The number of hydrogen-bond donors (Lipinski definition) is 3. The number of thiocarbonyl (C=S) groups is 1. The fraction of sp³-hybridized carbons (Fsp3) is 0. The first-order valence-electron chi connectivity index (χ1n) is 4.29. The second-order valence-electron chi connectivity index (χ2n) is 2.77. The van der Waals surface area contributed by atoms with Gasteiger partial charge in [0.15, 0.2) is 0 Å². The van der Waals surface area contributed by atoms with Crippen molar-refractivity contribution >= 4 is 40.8 Å². The summed E-state index contributed by atoms with van der Waals surface area (Å²) in [5, 5.41) is 14.7. The molecule has 0 aliphatic carbocycles. The van der Waals surface area contributed by atoms with E-state index < -0.39 is 4.92 Å². The predicted molar refractivity (Wildman–Crippen MR) is 68.8 cm³/mol. The van der Waals surface area contributed by atoms with Gasteiger partial charge in [-0.05, 0) is 18.3 Å². The van der Waals surface area contributed by atoms with Crippen molar-refractivity contribution in [3.05, 3.63) is 38.9 Å². The van der Waals surface area contributed by atoms with Crippen LogP contribution >= 0.6 is 23.8 Å². The molecule has 1 aromatic rings. The highest BCUT2D eigenvalue weighted by Crippen LogP contribution is 2.23. The van der Waals surface area contributed by atoms with Gasteiger partial charge in [-0.1, -0.05) is 17.7 Å². The summed E-state index contributed by atoms with van der Waals surface area (Å²) in [6.07, 6.45) is 1.20. The van der Waals surface area contributed by atoms with E-state index >= 15 is 0 Å². The maximum Gasteiger partial charge on any atom is 0.279 e. The molecule has 0 amide bonds. The molecule has 1 aromatic carbocycles. The highest BCUT2D eigenvalue weighted by Gasteiger charge is 2.14. The van der Waals surface area contributed by atoms with Crippen molar-refractivity contribution in [2.24, 2.45) is 10.9 Å². The number of nitrogens with one attached hydrogen (secondary N) is 2. The number of nitro groups is 1. The van der Waals surface area contributed by atoms with Crippen LogP contribution in [0.4, 0.5) is 5.69 Å². The third-order valence-electron chi connectivity index (χ3n) is 1.72. The van der Waals surface area contributed by atoms with Gasteiger partial charge in [-0.3, -0.25) is 21.0 Å². The van der Waals surface area contributed by atoms with E-state index in [9.17, 15) is 10.1 Å². The Kier molecular flexibility index (Phi) is 4.76. The minimum atomic E-state index is -0.549. The third-order valence-corrected chi connectivity index (χ3v) is 2.26. The van der Waals surface area contributed by atoms with E-state index in [0.717, 1.165) is 0 Å². The van der Waals surface area contributed by atoms with Gasteiger partial charge in [0.25, 0.3) is 5.69 Å². The Bertz CT molecular complexity index is 479. The third kappa shape index (κ3) is 3.63. The molecule has 4 N–H and O–H groups in total. The number of nitrogens with zero attached hydrogens (tertiary/aromatic N) is 2. The number of halogens is 1. The maximum atomic E-state index is 10.7. The summed E-state index contributed by atoms with van der Waals surface area (Å²) in [5.41, 5.74) is 4.54. The van der Waals surface area contributed by atoms with Crippen LogP contribution in [0.2, 0.25) is 5.02 Å². The van der Waals surface area contributed by atoms with E-state index in [0.29, 0.717) is 0 Å². The number of rotatable bonds is 3. The molecule has 9 heteroatoms. The molecule has 0 spiro atoms. The average Bonchev–Trinajstić information content (AvgIpc) is 2.30. The summed E-state index contributed by atoms with van der Waals surface area (Å²) >= 11 is 10.5. The van der Waals surface area contributed by atoms with E-state index in [1.807, 2.05) is 0 Å². The van der Waals surface area contributed by atoms with Crippen LogP contribution in [0.1, 0.15) is 5.56 Å². The van der Waals surface area contributed by atoms with Gasteiger partial charge < -0.3 is 0 Å². The average molecular weight is 274 g/mol. The molecule has 0 bridgehead atoms. The van der Waals surface area contributed by atoms with E-state index in [1.165, 1.54) is 24.4 Å². The van der Waals surface area contributed by atoms with Gasteiger partial charge in [-0.15, -0.1) is 0 Å². The summed E-state index contributed by atoms with van der Waals surface area (Å²) in [4.78, 5) is 10.2. The summed E-state index contributed by atoms with van der Waals surface area (Å²) in [6.45, 7) is 0. The van der Waals surface area contributed by atoms with Crippen LogP contribution in [0, 0.1) is 10.1 Å². The monoisotopic (exact) mass is 273 g/mol. The number of hydrogen-bond acceptors (Lipinski definition) is 5. The molecule has 0 aliphatic rings. The lowest BCUT2D eigenvalue weighted by Gasteiger charge is -2.01. The molecule has 7 nitrogen and oxygen atoms in total. The van der Waals surface area contributed by atoms with Crippen LogP contribution < -0.4 is 16.7 Å². The first kappa shape index (κ1) is 13.3. The molecule has 0 fully saturated rings. The molecule has 0 aliphatic heterocycles. The molecular formula is C8H8ClN5O2S. The van der Waals surface area contributed by atoms with Crippen molar-refractivity contribution in [2.45, 2.75) is 0 Å². The molecule has 0 saturated heterocycles. The zero-order valence-corrected chi connectivity index (χ0v) is 9.96. The van der Waals surface area contributed by atoms with E-state index in [1.54, 1.807) is 0 Å². The molecule has 0 atom stereocenters. The number of hydrazone groups is 1. The number of nitro benzene ring substituents is 1. The van der Waals surface area contributed by atoms with Crippen molar-refractivity contribution in [3.63, 3.8) is 0 Å². The molecule has 90 valence electrons. The Morgan fingerprint density at radius 2 is 2.35 bits per heavy atom. The van der Waals surface area contributed by atoms with Crippen LogP contribution in [-0.2, 0) is 0 Å². The summed E-state index contributed by atoms with van der Waals surface area (Å²) < 4.78 is 0. The van der Waals surface area contributed by atoms with E-state index in [2.05, 4.69) is 28.2 Å². The highest BCUT2D eigenvalue weighted by atomic mass is 35.5. The number of benzene rings is 1. The first-order valence-corrected chi connectivity index (χ1v) is 5.07. The lowest BCUT2D eigenvalue weighted by atomic mass is 10.2. The second-order valence-corrected chi connectivity index (χ2v) is 3.59. The van der Waals surface area contributed by atoms with Crippen LogP contribution in [0.25, 0.3) is 0 Å². The number of nitrogens with two attached hydrogens (primary N) is 1. The van der Waals surface area contributed by atoms with Gasteiger partial charge in [0.05, 0.1) is 21.7 Å². The quantitative estimate of drug-likeness (QED) is 0.249. The Hall–Kier alpha value is -1.77. The van der Waals surface area contributed by atoms with Crippen molar-refractivity contribution in [1.29, 1.82) is 0 Å². The summed E-state index contributed by atoms with van der Waals surface area (Å²) in [7, 11) is 0. The van der Waals surface area contributed by atoms with Crippen molar-refractivity contribution < 1.29 is 4.92 Å². The fourth-order valence-corrected chi connectivity index (χ4v) is 1.27. The first-order chi connectivity index (χ1) is 8.06. The minimum absolute atomic E-state index is 0.0796. The minimum Gasteiger partial charge on any atom is -0.300 e. The smallest absolute Gasteiger partial charge is 0.279 e. The van der Waals surface area contributed by atoms with Crippen LogP contribution in [0.3, 0.4) is 0 Å². The zero-order chi connectivity index (χ0) is 12.8. The molecule has 1 rings (SSSR count). The van der Waals surface area contributed by atoms with E-state index in [-0.39, 0.29) is 21.4 Å². The topological polar surface area (TPSA) is 106 Å². The normalized spacial score (nSPS) is 10.2. The van der Waals surface area contributed by atoms with Crippen molar-refractivity contribution in [2.75, 3.05) is 0 Å². The van der Waals surface area contributed by atoms with Crippen molar-refractivity contribution in [1.82, 2.24) is 10.9 Å². The van der Waals surface area contributed by atoms with Crippen LogP contribution in [0.5, 0.6) is 0 Å². The molecule has 17 heavy (non-hydrogen) atoms. The molecule has 0 radical (unpaired) electrons. The van der Waals surface area contributed by atoms with Gasteiger partial charge in [0, 0.05) is 6.07 Å². The Morgan fingerprint density at radius 3 is 2.94 bits per heavy atom. The van der Waals surface area contributed by atoms with Gasteiger partial charge in [-0.2, -0.15) is 5.10 Å². The highest BCUT2D eigenvalue weighted by molar-refractivity contribution is 7.80. The zero-order valence-electron chi connectivity index (χ0n) is 8.38. The van der Waals surface area contributed by atoms with Crippen LogP contribution in [-0.4, -0.2) is 16.3 Å². The van der Waals surface area contributed by atoms with Gasteiger partial charge in [0.2, 0.25) is 5.11 Å². The largest absolute Gasteiger partial charge is 0.300 e. The summed E-state index contributed by atoms with van der Waals surface area (Å²) in [6, 6.07) is 4.33. The Morgan fingerprint density at radius 1 is 1.65 bits per heavy atom. The van der Waals surface area contributed by atoms with Gasteiger partial charge >= 0.3 is 0 Å². The molecule has 0 saturated carbocycles. The molecule has 0 aromatic heterocycles. The lowest BCUT2D eigenvalue weighted by Crippen LogP contribution is -2.37. The second kappa shape index (κ2) is 6.09.